The van der Waals surface area contributed by atoms with Crippen LogP contribution in [0.25, 0.3) is 22.4 Å². The number of halogens is 1. The second kappa shape index (κ2) is 7.08. The van der Waals surface area contributed by atoms with E-state index in [9.17, 15) is 4.39 Å². The van der Waals surface area contributed by atoms with Gasteiger partial charge in [0.15, 0.2) is 0 Å². The summed E-state index contributed by atoms with van der Waals surface area (Å²) in [5.74, 6) is 2.04. The van der Waals surface area contributed by atoms with Gasteiger partial charge in [-0.25, -0.2) is 9.37 Å². The number of aromatic nitrogens is 6. The molecule has 0 saturated carbocycles. The third-order valence-electron chi connectivity index (χ3n) is 5.09. The first-order chi connectivity index (χ1) is 14.2. The molecule has 8 nitrogen and oxygen atoms in total. The molecule has 1 N–H and O–H groups in total. The van der Waals surface area contributed by atoms with E-state index in [2.05, 4.69) is 42.0 Å². The standard InChI is InChI=1S/C20H19FN8/c1-2-29-17-7-6-13(19-24-26-27-25-19)11-16(17)23-18(29)12-28-9-8-22-20(28)14-4-3-5-15(21)10-14/h3-7,10-11H,2,8-9,12H2,1H3,(H,24,25,26,27). The lowest BCUT2D eigenvalue weighted by Crippen LogP contribution is -2.29. The summed E-state index contributed by atoms with van der Waals surface area (Å²) in [6.45, 7) is 4.99. The lowest BCUT2D eigenvalue weighted by molar-refractivity contribution is 0.429. The van der Waals surface area contributed by atoms with Gasteiger partial charge in [0.05, 0.1) is 24.1 Å². The van der Waals surface area contributed by atoms with Crippen molar-refractivity contribution in [2.24, 2.45) is 4.99 Å². The van der Waals surface area contributed by atoms with Gasteiger partial charge in [-0.05, 0) is 42.5 Å². The molecule has 0 atom stereocenters. The maximum atomic E-state index is 13.7. The Balaban J connectivity index is 1.49. The molecule has 0 fully saturated rings. The van der Waals surface area contributed by atoms with Crippen LogP contribution in [-0.2, 0) is 13.1 Å². The number of tetrazole rings is 1. The largest absolute Gasteiger partial charge is 0.347 e. The molecule has 2 aromatic carbocycles. The summed E-state index contributed by atoms with van der Waals surface area (Å²) in [6.07, 6.45) is 0. The van der Waals surface area contributed by atoms with Crippen molar-refractivity contribution in [3.63, 3.8) is 0 Å². The zero-order valence-corrected chi connectivity index (χ0v) is 15.9. The molecule has 29 heavy (non-hydrogen) atoms. The van der Waals surface area contributed by atoms with E-state index in [-0.39, 0.29) is 5.82 Å². The van der Waals surface area contributed by atoms with Crippen LogP contribution in [0.2, 0.25) is 0 Å². The van der Waals surface area contributed by atoms with Crippen LogP contribution in [0.4, 0.5) is 4.39 Å². The predicted octanol–water partition coefficient (Wildman–Crippen LogP) is 2.64. The summed E-state index contributed by atoms with van der Waals surface area (Å²) < 4.78 is 15.9. The molecule has 146 valence electrons. The molecule has 0 aliphatic carbocycles. The summed E-state index contributed by atoms with van der Waals surface area (Å²) in [5.41, 5.74) is 3.59. The highest BCUT2D eigenvalue weighted by atomic mass is 19.1. The number of imidazole rings is 1. The van der Waals surface area contributed by atoms with Crippen molar-refractivity contribution in [1.82, 2.24) is 35.1 Å². The molecule has 3 heterocycles. The number of aryl methyl sites for hydroxylation is 1. The molecule has 9 heteroatoms. The van der Waals surface area contributed by atoms with Crippen molar-refractivity contribution < 1.29 is 4.39 Å². The minimum atomic E-state index is -0.258. The van der Waals surface area contributed by atoms with E-state index in [1.807, 2.05) is 24.3 Å². The molecule has 5 rings (SSSR count). The van der Waals surface area contributed by atoms with Gasteiger partial charge in [-0.1, -0.05) is 12.1 Å². The number of rotatable bonds is 5. The summed E-state index contributed by atoms with van der Waals surface area (Å²) in [5, 5.41) is 14.2. The Bertz CT molecular complexity index is 1190. The van der Waals surface area contributed by atoms with E-state index in [4.69, 9.17) is 4.98 Å². The molecule has 1 aliphatic rings. The van der Waals surface area contributed by atoms with E-state index in [0.29, 0.717) is 18.9 Å². The number of hydrogen-bond acceptors (Lipinski definition) is 6. The van der Waals surface area contributed by atoms with E-state index in [1.165, 1.54) is 12.1 Å². The van der Waals surface area contributed by atoms with Crippen LogP contribution in [0.3, 0.4) is 0 Å². The minimum Gasteiger partial charge on any atom is -0.347 e. The number of aliphatic imine (C=N–C) groups is 1. The number of aromatic amines is 1. The van der Waals surface area contributed by atoms with Crippen LogP contribution in [0.15, 0.2) is 47.5 Å². The third kappa shape index (κ3) is 3.14. The van der Waals surface area contributed by atoms with Gasteiger partial charge < -0.3 is 9.47 Å². The van der Waals surface area contributed by atoms with Crippen LogP contribution < -0.4 is 0 Å². The van der Waals surface area contributed by atoms with Gasteiger partial charge in [-0.3, -0.25) is 4.99 Å². The summed E-state index contributed by atoms with van der Waals surface area (Å²) in [7, 11) is 0. The first kappa shape index (κ1) is 17.5. The molecular weight excluding hydrogens is 371 g/mol. The number of nitrogens with one attached hydrogen (secondary N) is 1. The molecule has 0 saturated heterocycles. The molecule has 1 aliphatic heterocycles. The van der Waals surface area contributed by atoms with E-state index >= 15 is 0 Å². The Hall–Kier alpha value is -3.62. The second-order valence-electron chi connectivity index (χ2n) is 6.85. The predicted molar refractivity (Wildman–Crippen MR) is 107 cm³/mol. The molecule has 0 amide bonds. The van der Waals surface area contributed by atoms with Gasteiger partial charge in [-0.15, -0.1) is 10.2 Å². The second-order valence-corrected chi connectivity index (χ2v) is 6.85. The molecule has 2 aromatic heterocycles. The average Bonchev–Trinajstić information content (AvgIpc) is 3.47. The zero-order chi connectivity index (χ0) is 19.8. The van der Waals surface area contributed by atoms with Gasteiger partial charge >= 0.3 is 0 Å². The van der Waals surface area contributed by atoms with Gasteiger partial charge in [-0.2, -0.15) is 5.21 Å². The third-order valence-corrected chi connectivity index (χ3v) is 5.09. The van der Waals surface area contributed by atoms with Crippen molar-refractivity contribution in [1.29, 1.82) is 0 Å². The molecular formula is C20H19FN8. The Morgan fingerprint density at radius 2 is 2.07 bits per heavy atom. The Morgan fingerprint density at radius 3 is 2.86 bits per heavy atom. The monoisotopic (exact) mass is 390 g/mol. The van der Waals surface area contributed by atoms with Crippen LogP contribution >= 0.6 is 0 Å². The lowest BCUT2D eigenvalue weighted by atomic mass is 10.2. The van der Waals surface area contributed by atoms with E-state index < -0.39 is 0 Å². The Labute approximate surface area is 166 Å². The zero-order valence-electron chi connectivity index (χ0n) is 15.9. The molecule has 0 radical (unpaired) electrons. The molecule has 0 unspecified atom stereocenters. The van der Waals surface area contributed by atoms with E-state index in [0.717, 1.165) is 46.9 Å². The van der Waals surface area contributed by atoms with Crippen molar-refractivity contribution in [3.05, 3.63) is 59.7 Å². The fourth-order valence-electron chi connectivity index (χ4n) is 3.79. The maximum absolute atomic E-state index is 13.7. The normalized spacial score (nSPS) is 14.0. The van der Waals surface area contributed by atoms with Gasteiger partial charge in [0.1, 0.15) is 17.5 Å². The highest BCUT2D eigenvalue weighted by molar-refractivity contribution is 5.99. The topological polar surface area (TPSA) is 87.9 Å². The summed E-state index contributed by atoms with van der Waals surface area (Å²) >= 11 is 0. The molecule has 0 bridgehead atoms. The number of H-pyrrole nitrogens is 1. The number of hydrogen-bond donors (Lipinski definition) is 1. The summed E-state index contributed by atoms with van der Waals surface area (Å²) in [6, 6.07) is 12.6. The smallest absolute Gasteiger partial charge is 0.204 e. The van der Waals surface area contributed by atoms with Crippen LogP contribution in [0, 0.1) is 5.82 Å². The quantitative estimate of drug-likeness (QED) is 0.566. The molecule has 0 spiro atoms. The average molecular weight is 390 g/mol. The lowest BCUT2D eigenvalue weighted by Gasteiger charge is -2.20. The number of amidine groups is 1. The van der Waals surface area contributed by atoms with Crippen molar-refractivity contribution in [2.75, 3.05) is 13.1 Å². The van der Waals surface area contributed by atoms with Crippen LogP contribution in [0.5, 0.6) is 0 Å². The van der Waals surface area contributed by atoms with Crippen molar-refractivity contribution in [3.8, 4) is 11.4 Å². The van der Waals surface area contributed by atoms with Crippen molar-refractivity contribution >= 4 is 16.9 Å². The maximum Gasteiger partial charge on any atom is 0.204 e. The Kier molecular flexibility index (Phi) is 4.27. The highest BCUT2D eigenvalue weighted by Crippen LogP contribution is 2.24. The number of fused-ring (bicyclic) bond motifs is 1. The van der Waals surface area contributed by atoms with Crippen molar-refractivity contribution in [2.45, 2.75) is 20.0 Å². The fourth-order valence-corrected chi connectivity index (χ4v) is 3.79. The summed E-state index contributed by atoms with van der Waals surface area (Å²) in [4.78, 5) is 11.6. The molecule has 4 aromatic rings. The first-order valence-electron chi connectivity index (χ1n) is 9.51. The SMILES string of the molecule is CCn1c(CN2CCN=C2c2cccc(F)c2)nc2cc(-c3nn[nH]n3)ccc21. The van der Waals surface area contributed by atoms with Crippen LogP contribution in [-0.4, -0.2) is 54.0 Å². The first-order valence-corrected chi connectivity index (χ1v) is 9.51. The van der Waals surface area contributed by atoms with Gasteiger partial charge in [0.2, 0.25) is 5.82 Å². The fraction of sp³-hybridized carbons (Fsp3) is 0.250. The highest BCUT2D eigenvalue weighted by Gasteiger charge is 2.22. The minimum absolute atomic E-state index is 0.258. The van der Waals surface area contributed by atoms with E-state index in [1.54, 1.807) is 6.07 Å². The Morgan fingerprint density at radius 1 is 1.14 bits per heavy atom. The number of nitrogens with zero attached hydrogens (tertiary/aromatic N) is 7. The number of benzene rings is 2. The van der Waals surface area contributed by atoms with Gasteiger partial charge in [0.25, 0.3) is 0 Å². The van der Waals surface area contributed by atoms with Crippen LogP contribution in [0.1, 0.15) is 18.3 Å². The van der Waals surface area contributed by atoms with Gasteiger partial charge in [0, 0.05) is 24.2 Å².